The summed E-state index contributed by atoms with van der Waals surface area (Å²) < 4.78 is 0. The minimum absolute atomic E-state index is 0.117. The molecule has 100 valence electrons. The maximum atomic E-state index is 12.1. The highest BCUT2D eigenvalue weighted by Gasteiger charge is 2.26. The molecule has 7 heteroatoms. The SMILES string of the molecule is Cc1nnc(NC(=O)N2CCCCC2CCO)s1. The van der Waals surface area contributed by atoms with Crippen molar-refractivity contribution in [2.75, 3.05) is 18.5 Å². The monoisotopic (exact) mass is 270 g/mol. The van der Waals surface area contributed by atoms with E-state index in [2.05, 4.69) is 15.5 Å². The van der Waals surface area contributed by atoms with Gasteiger partial charge in [0.15, 0.2) is 0 Å². The summed E-state index contributed by atoms with van der Waals surface area (Å²) in [6.45, 7) is 2.71. The molecule has 0 spiro atoms. The van der Waals surface area contributed by atoms with Crippen LogP contribution in [0.4, 0.5) is 9.93 Å². The lowest BCUT2D eigenvalue weighted by Gasteiger charge is -2.35. The van der Waals surface area contributed by atoms with Gasteiger partial charge in [-0.2, -0.15) is 0 Å². The Morgan fingerprint density at radius 2 is 2.39 bits per heavy atom. The number of piperidine rings is 1. The largest absolute Gasteiger partial charge is 0.396 e. The van der Waals surface area contributed by atoms with Crippen molar-refractivity contribution in [2.24, 2.45) is 0 Å². The van der Waals surface area contributed by atoms with Crippen LogP contribution in [0.1, 0.15) is 30.7 Å². The maximum absolute atomic E-state index is 12.1. The number of rotatable bonds is 3. The van der Waals surface area contributed by atoms with Gasteiger partial charge >= 0.3 is 6.03 Å². The number of carbonyl (C=O) groups excluding carboxylic acids is 1. The molecule has 2 heterocycles. The van der Waals surface area contributed by atoms with Crippen molar-refractivity contribution in [1.82, 2.24) is 15.1 Å². The topological polar surface area (TPSA) is 78.4 Å². The molecule has 1 aliphatic rings. The lowest BCUT2D eigenvalue weighted by atomic mass is 10.0. The Kier molecular flexibility index (Phi) is 4.48. The minimum atomic E-state index is -0.135. The fraction of sp³-hybridized carbons (Fsp3) is 0.727. The Balaban J connectivity index is 1.97. The Bertz CT molecular complexity index is 408. The van der Waals surface area contributed by atoms with Crippen LogP contribution in [-0.2, 0) is 0 Å². The van der Waals surface area contributed by atoms with Gasteiger partial charge in [0.1, 0.15) is 5.01 Å². The first-order chi connectivity index (χ1) is 8.70. The number of carbonyl (C=O) groups is 1. The number of aromatic nitrogens is 2. The molecular weight excluding hydrogens is 252 g/mol. The molecule has 1 unspecified atom stereocenters. The van der Waals surface area contributed by atoms with E-state index in [9.17, 15) is 4.79 Å². The third-order valence-corrected chi connectivity index (χ3v) is 3.84. The van der Waals surface area contributed by atoms with Gasteiger partial charge in [-0.3, -0.25) is 5.32 Å². The molecule has 1 aromatic heterocycles. The molecule has 0 aliphatic carbocycles. The van der Waals surface area contributed by atoms with Crippen molar-refractivity contribution in [3.8, 4) is 0 Å². The van der Waals surface area contributed by atoms with Crippen LogP contribution in [0.3, 0.4) is 0 Å². The average molecular weight is 270 g/mol. The van der Waals surface area contributed by atoms with E-state index in [0.29, 0.717) is 11.6 Å². The number of anilines is 1. The number of likely N-dealkylation sites (tertiary alicyclic amines) is 1. The molecule has 1 atom stereocenters. The number of nitrogens with zero attached hydrogens (tertiary/aromatic N) is 3. The van der Waals surface area contributed by atoms with Gasteiger partial charge in [-0.05, 0) is 32.6 Å². The van der Waals surface area contributed by atoms with E-state index in [0.717, 1.165) is 30.8 Å². The highest BCUT2D eigenvalue weighted by Crippen LogP contribution is 2.21. The molecule has 0 saturated carbocycles. The van der Waals surface area contributed by atoms with E-state index < -0.39 is 0 Å². The number of urea groups is 1. The average Bonchev–Trinajstić information content (AvgIpc) is 2.76. The predicted octanol–water partition coefficient (Wildman–Crippen LogP) is 1.62. The van der Waals surface area contributed by atoms with Crippen LogP contribution in [-0.4, -0.2) is 45.4 Å². The Morgan fingerprint density at radius 1 is 1.56 bits per heavy atom. The van der Waals surface area contributed by atoms with Crippen molar-refractivity contribution in [1.29, 1.82) is 0 Å². The normalized spacial score (nSPS) is 19.9. The summed E-state index contributed by atoms with van der Waals surface area (Å²) in [7, 11) is 0. The first-order valence-corrected chi connectivity index (χ1v) is 7.01. The number of aliphatic hydroxyl groups is 1. The third kappa shape index (κ3) is 3.17. The lowest BCUT2D eigenvalue weighted by Crippen LogP contribution is -2.46. The van der Waals surface area contributed by atoms with Crippen molar-refractivity contribution in [3.05, 3.63) is 5.01 Å². The zero-order chi connectivity index (χ0) is 13.0. The number of amides is 2. The first kappa shape index (κ1) is 13.2. The van der Waals surface area contributed by atoms with E-state index in [4.69, 9.17) is 5.11 Å². The van der Waals surface area contributed by atoms with Crippen LogP contribution < -0.4 is 5.32 Å². The van der Waals surface area contributed by atoms with Gasteiger partial charge in [0.2, 0.25) is 5.13 Å². The number of aliphatic hydroxyl groups excluding tert-OH is 1. The lowest BCUT2D eigenvalue weighted by molar-refractivity contribution is 0.141. The van der Waals surface area contributed by atoms with Gasteiger partial charge in [-0.1, -0.05) is 11.3 Å². The van der Waals surface area contributed by atoms with Crippen molar-refractivity contribution >= 4 is 22.5 Å². The van der Waals surface area contributed by atoms with Gasteiger partial charge < -0.3 is 10.0 Å². The van der Waals surface area contributed by atoms with Gasteiger partial charge in [0.05, 0.1) is 0 Å². The number of aryl methyl sites for hydroxylation is 1. The molecule has 0 aromatic carbocycles. The summed E-state index contributed by atoms with van der Waals surface area (Å²) in [5.74, 6) is 0. The number of nitrogens with one attached hydrogen (secondary N) is 1. The van der Waals surface area contributed by atoms with Crippen LogP contribution in [0, 0.1) is 6.92 Å². The zero-order valence-electron chi connectivity index (χ0n) is 10.4. The van der Waals surface area contributed by atoms with Crippen LogP contribution >= 0.6 is 11.3 Å². The van der Waals surface area contributed by atoms with Gasteiger partial charge in [-0.15, -0.1) is 10.2 Å². The van der Waals surface area contributed by atoms with Crippen LogP contribution in [0.15, 0.2) is 0 Å². The summed E-state index contributed by atoms with van der Waals surface area (Å²) in [6.07, 6.45) is 3.74. The standard InChI is InChI=1S/C11H18N4O2S/c1-8-13-14-10(18-8)12-11(17)15-6-3-2-4-9(15)5-7-16/h9,16H,2-7H2,1H3,(H,12,14,17). The Labute approximate surface area is 110 Å². The van der Waals surface area contributed by atoms with Crippen LogP contribution in [0.2, 0.25) is 0 Å². The van der Waals surface area contributed by atoms with Gasteiger partial charge in [0, 0.05) is 19.2 Å². The predicted molar refractivity (Wildman–Crippen MR) is 69.7 cm³/mol. The Morgan fingerprint density at radius 3 is 3.06 bits per heavy atom. The fourth-order valence-electron chi connectivity index (χ4n) is 2.23. The molecule has 1 fully saturated rings. The van der Waals surface area contributed by atoms with Gasteiger partial charge in [0.25, 0.3) is 0 Å². The molecule has 0 bridgehead atoms. The molecule has 2 N–H and O–H groups in total. The fourth-order valence-corrected chi connectivity index (χ4v) is 2.81. The molecule has 18 heavy (non-hydrogen) atoms. The second-order valence-corrected chi connectivity index (χ2v) is 5.59. The van der Waals surface area contributed by atoms with E-state index in [1.807, 2.05) is 6.92 Å². The molecule has 2 amide bonds. The van der Waals surface area contributed by atoms with Gasteiger partial charge in [-0.25, -0.2) is 4.79 Å². The number of hydrogen-bond donors (Lipinski definition) is 2. The second-order valence-electron chi connectivity index (χ2n) is 4.41. The Hall–Kier alpha value is -1.21. The minimum Gasteiger partial charge on any atom is -0.396 e. The molecule has 1 saturated heterocycles. The second kappa shape index (κ2) is 6.10. The third-order valence-electron chi connectivity index (χ3n) is 3.09. The van der Waals surface area contributed by atoms with Crippen LogP contribution in [0.25, 0.3) is 0 Å². The summed E-state index contributed by atoms with van der Waals surface area (Å²) >= 11 is 1.36. The van der Waals surface area contributed by atoms with Crippen molar-refractivity contribution in [3.63, 3.8) is 0 Å². The van der Waals surface area contributed by atoms with Crippen LogP contribution in [0.5, 0.6) is 0 Å². The van der Waals surface area contributed by atoms with E-state index in [1.54, 1.807) is 4.90 Å². The summed E-state index contributed by atoms with van der Waals surface area (Å²) in [5, 5.41) is 20.9. The molecule has 1 aromatic rings. The zero-order valence-corrected chi connectivity index (χ0v) is 11.2. The quantitative estimate of drug-likeness (QED) is 0.874. The summed E-state index contributed by atoms with van der Waals surface area (Å²) in [4.78, 5) is 13.9. The molecular formula is C11H18N4O2S. The van der Waals surface area contributed by atoms with E-state index >= 15 is 0 Å². The smallest absolute Gasteiger partial charge is 0.323 e. The molecule has 2 rings (SSSR count). The van der Waals surface area contributed by atoms with E-state index in [1.165, 1.54) is 11.3 Å². The van der Waals surface area contributed by atoms with Crippen molar-refractivity contribution in [2.45, 2.75) is 38.6 Å². The molecule has 6 nitrogen and oxygen atoms in total. The molecule has 1 aliphatic heterocycles. The highest BCUT2D eigenvalue weighted by atomic mass is 32.1. The highest BCUT2D eigenvalue weighted by molar-refractivity contribution is 7.15. The summed E-state index contributed by atoms with van der Waals surface area (Å²) in [6, 6.07) is 0.00192. The summed E-state index contributed by atoms with van der Waals surface area (Å²) in [5.41, 5.74) is 0. The maximum Gasteiger partial charge on any atom is 0.323 e. The first-order valence-electron chi connectivity index (χ1n) is 6.19. The molecule has 0 radical (unpaired) electrons. The number of hydrogen-bond acceptors (Lipinski definition) is 5. The van der Waals surface area contributed by atoms with E-state index in [-0.39, 0.29) is 18.7 Å². The van der Waals surface area contributed by atoms with Crippen molar-refractivity contribution < 1.29 is 9.90 Å².